The molecule has 3 heterocycles. The van der Waals surface area contributed by atoms with E-state index >= 15 is 0 Å². The summed E-state index contributed by atoms with van der Waals surface area (Å²) in [5.74, 6) is -0.422. The minimum absolute atomic E-state index is 0.0413. The molecule has 0 atom stereocenters. The van der Waals surface area contributed by atoms with Gasteiger partial charge in [0.1, 0.15) is 11.4 Å². The second-order valence-electron chi connectivity index (χ2n) is 8.01. The van der Waals surface area contributed by atoms with Crippen molar-refractivity contribution in [1.29, 1.82) is 0 Å². The summed E-state index contributed by atoms with van der Waals surface area (Å²) >= 11 is 0. The molecule has 0 aliphatic carbocycles. The molecule has 0 bridgehead atoms. The highest BCUT2D eigenvalue weighted by Crippen LogP contribution is 2.25. The minimum Gasteiger partial charge on any atom is -0.507 e. The molecule has 0 spiro atoms. The third kappa shape index (κ3) is 4.13. The lowest BCUT2D eigenvalue weighted by atomic mass is 10.1. The fourth-order valence-corrected chi connectivity index (χ4v) is 4.07. The molecular weight excluding hydrogens is 430 g/mol. The van der Waals surface area contributed by atoms with Crippen molar-refractivity contribution in [2.24, 2.45) is 0 Å². The number of para-hydroxylation sites is 2. The van der Waals surface area contributed by atoms with Crippen LogP contribution in [0.4, 0.5) is 0 Å². The minimum atomic E-state index is -0.238. The van der Waals surface area contributed by atoms with Gasteiger partial charge in [-0.05, 0) is 36.4 Å². The molecule has 1 aliphatic rings. The van der Waals surface area contributed by atoms with Crippen molar-refractivity contribution < 1.29 is 14.7 Å². The van der Waals surface area contributed by atoms with Crippen LogP contribution in [0.2, 0.25) is 0 Å². The molecule has 0 unspecified atom stereocenters. The van der Waals surface area contributed by atoms with Crippen LogP contribution in [-0.4, -0.2) is 67.7 Å². The zero-order valence-corrected chi connectivity index (χ0v) is 18.4. The Kier molecular flexibility index (Phi) is 5.78. The van der Waals surface area contributed by atoms with Crippen molar-refractivity contribution in [2.75, 3.05) is 26.2 Å². The number of piperazine rings is 1. The van der Waals surface area contributed by atoms with Gasteiger partial charge in [0.15, 0.2) is 0 Å². The number of hydrogen-bond donors (Lipinski definition) is 1. The molecule has 2 aromatic heterocycles. The maximum Gasteiger partial charge on any atom is 0.257 e. The third-order valence-electron chi connectivity index (χ3n) is 5.89. The number of phenolic OH excluding ortho intramolecular Hbond substituents is 1. The van der Waals surface area contributed by atoms with Gasteiger partial charge in [0.25, 0.3) is 11.8 Å². The zero-order valence-electron chi connectivity index (χ0n) is 18.4. The standard InChI is InChI=1S/C26H23N5O3/c32-23-11-5-4-10-21(23)25(33)29-13-15-30(16-14-29)26(34)22-18-31(20-8-2-1-3-9-20)28-24(22)19-7-6-12-27-17-19/h1-12,17-18,32H,13-16H2. The summed E-state index contributed by atoms with van der Waals surface area (Å²) in [5.41, 5.74) is 2.93. The van der Waals surface area contributed by atoms with Crippen molar-refractivity contribution in [3.63, 3.8) is 0 Å². The number of pyridine rings is 1. The molecule has 34 heavy (non-hydrogen) atoms. The van der Waals surface area contributed by atoms with Gasteiger partial charge in [0.2, 0.25) is 0 Å². The van der Waals surface area contributed by atoms with E-state index in [1.807, 2.05) is 42.5 Å². The Morgan fingerprint density at radius 1 is 0.765 bits per heavy atom. The highest BCUT2D eigenvalue weighted by atomic mass is 16.3. The number of benzene rings is 2. The number of aromatic hydroxyl groups is 1. The lowest BCUT2D eigenvalue weighted by Crippen LogP contribution is -2.50. The van der Waals surface area contributed by atoms with Crippen LogP contribution in [0.25, 0.3) is 16.9 Å². The molecule has 2 amide bonds. The number of aromatic nitrogens is 3. The van der Waals surface area contributed by atoms with Gasteiger partial charge < -0.3 is 14.9 Å². The molecule has 170 valence electrons. The molecule has 2 aromatic carbocycles. The van der Waals surface area contributed by atoms with Gasteiger partial charge >= 0.3 is 0 Å². The Morgan fingerprint density at radius 3 is 2.06 bits per heavy atom. The van der Waals surface area contributed by atoms with Crippen LogP contribution < -0.4 is 0 Å². The average Bonchev–Trinajstić information content (AvgIpc) is 3.35. The molecule has 0 radical (unpaired) electrons. The SMILES string of the molecule is O=C(c1ccccc1O)N1CCN(C(=O)c2cn(-c3ccccc3)nc2-c2cccnc2)CC1. The molecule has 1 saturated heterocycles. The molecule has 1 fully saturated rings. The van der Waals surface area contributed by atoms with Crippen LogP contribution in [0.15, 0.2) is 85.3 Å². The quantitative estimate of drug-likeness (QED) is 0.512. The number of carbonyl (C=O) groups excluding carboxylic acids is 2. The van der Waals surface area contributed by atoms with Gasteiger partial charge in [-0.3, -0.25) is 14.6 Å². The number of nitrogens with zero attached hydrogens (tertiary/aromatic N) is 5. The molecule has 1 N–H and O–H groups in total. The number of hydrogen-bond acceptors (Lipinski definition) is 5. The topological polar surface area (TPSA) is 91.6 Å². The van der Waals surface area contributed by atoms with Gasteiger partial charge in [0, 0.05) is 50.3 Å². The van der Waals surface area contributed by atoms with Crippen molar-refractivity contribution in [1.82, 2.24) is 24.6 Å². The summed E-state index contributed by atoms with van der Waals surface area (Å²) < 4.78 is 1.70. The first-order valence-corrected chi connectivity index (χ1v) is 11.0. The fraction of sp³-hybridized carbons (Fsp3) is 0.154. The molecule has 8 heteroatoms. The summed E-state index contributed by atoms with van der Waals surface area (Å²) in [4.78, 5) is 33.9. The van der Waals surface area contributed by atoms with E-state index in [0.29, 0.717) is 37.4 Å². The number of amides is 2. The Hall–Kier alpha value is -4.46. The Morgan fingerprint density at radius 2 is 1.41 bits per heavy atom. The van der Waals surface area contributed by atoms with Gasteiger partial charge in [-0.2, -0.15) is 5.10 Å². The molecule has 5 rings (SSSR count). The molecule has 1 aliphatic heterocycles. The Labute approximate surface area is 196 Å². The lowest BCUT2D eigenvalue weighted by molar-refractivity contribution is 0.0534. The molecule has 4 aromatic rings. The number of carbonyl (C=O) groups is 2. The van der Waals surface area contributed by atoms with E-state index in [2.05, 4.69) is 4.98 Å². The van der Waals surface area contributed by atoms with Crippen LogP contribution in [0, 0.1) is 0 Å². The van der Waals surface area contributed by atoms with Crippen LogP contribution in [0.3, 0.4) is 0 Å². The second-order valence-corrected chi connectivity index (χ2v) is 8.01. The first-order chi connectivity index (χ1) is 16.6. The van der Waals surface area contributed by atoms with E-state index in [-0.39, 0.29) is 23.1 Å². The first-order valence-electron chi connectivity index (χ1n) is 11.0. The van der Waals surface area contributed by atoms with Gasteiger partial charge in [-0.1, -0.05) is 30.3 Å². The average molecular weight is 454 g/mol. The second kappa shape index (κ2) is 9.19. The predicted octanol–water partition coefficient (Wildman–Crippen LogP) is 3.24. The van der Waals surface area contributed by atoms with Crippen LogP contribution in [0.1, 0.15) is 20.7 Å². The summed E-state index contributed by atoms with van der Waals surface area (Å²) in [6, 6.07) is 19.8. The maximum absolute atomic E-state index is 13.5. The normalized spacial score (nSPS) is 13.6. The van der Waals surface area contributed by atoms with Crippen LogP contribution in [0.5, 0.6) is 5.75 Å². The highest BCUT2D eigenvalue weighted by Gasteiger charge is 2.29. The zero-order chi connectivity index (χ0) is 23.5. The van der Waals surface area contributed by atoms with Crippen molar-refractivity contribution in [3.05, 3.63) is 96.4 Å². The third-order valence-corrected chi connectivity index (χ3v) is 5.89. The highest BCUT2D eigenvalue weighted by molar-refractivity contribution is 6.00. The van der Waals surface area contributed by atoms with Crippen molar-refractivity contribution in [2.45, 2.75) is 0 Å². The maximum atomic E-state index is 13.5. The first kappa shape index (κ1) is 21.4. The summed E-state index contributed by atoms with van der Waals surface area (Å²) in [5, 5.41) is 14.7. The van der Waals surface area contributed by atoms with E-state index in [0.717, 1.165) is 11.3 Å². The molecule has 8 nitrogen and oxygen atoms in total. The molecule has 0 saturated carbocycles. The number of phenols is 1. The molecular formula is C26H23N5O3. The van der Waals surface area contributed by atoms with E-state index in [1.165, 1.54) is 6.07 Å². The summed E-state index contributed by atoms with van der Waals surface area (Å²) in [6.45, 7) is 1.55. The largest absolute Gasteiger partial charge is 0.507 e. The Balaban J connectivity index is 1.38. The summed E-state index contributed by atoms with van der Waals surface area (Å²) in [7, 11) is 0. The van der Waals surface area contributed by atoms with Crippen LogP contribution in [-0.2, 0) is 0 Å². The van der Waals surface area contributed by atoms with E-state index in [4.69, 9.17) is 5.10 Å². The summed E-state index contributed by atoms with van der Waals surface area (Å²) in [6.07, 6.45) is 5.12. The monoisotopic (exact) mass is 453 g/mol. The van der Waals surface area contributed by atoms with Gasteiger partial charge in [-0.15, -0.1) is 0 Å². The lowest BCUT2D eigenvalue weighted by Gasteiger charge is -2.34. The fourth-order valence-electron chi connectivity index (χ4n) is 4.07. The van der Waals surface area contributed by atoms with Crippen LogP contribution >= 0.6 is 0 Å². The number of rotatable bonds is 4. The van der Waals surface area contributed by atoms with Crippen molar-refractivity contribution in [3.8, 4) is 22.7 Å². The van der Waals surface area contributed by atoms with E-state index in [9.17, 15) is 14.7 Å². The van der Waals surface area contributed by atoms with E-state index in [1.54, 1.807) is 51.3 Å². The van der Waals surface area contributed by atoms with E-state index < -0.39 is 0 Å². The Bertz CT molecular complexity index is 1310. The van der Waals surface area contributed by atoms with Crippen molar-refractivity contribution >= 4 is 11.8 Å². The van der Waals surface area contributed by atoms with Gasteiger partial charge in [-0.25, -0.2) is 4.68 Å². The van der Waals surface area contributed by atoms with Gasteiger partial charge in [0.05, 0.1) is 16.8 Å². The smallest absolute Gasteiger partial charge is 0.257 e. The predicted molar refractivity (Wildman–Crippen MR) is 127 cm³/mol.